The van der Waals surface area contributed by atoms with Crippen molar-refractivity contribution in [2.45, 2.75) is 32.2 Å². The van der Waals surface area contributed by atoms with E-state index in [0.717, 1.165) is 22.3 Å². The predicted molar refractivity (Wildman–Crippen MR) is 79.0 cm³/mol. The fourth-order valence-corrected chi connectivity index (χ4v) is 2.70. The van der Waals surface area contributed by atoms with Gasteiger partial charge in [0.15, 0.2) is 0 Å². The number of ether oxygens (including phenoxy) is 1. The summed E-state index contributed by atoms with van der Waals surface area (Å²) in [5.41, 5.74) is 2.36. The van der Waals surface area contributed by atoms with Crippen molar-refractivity contribution < 1.29 is 4.74 Å². The van der Waals surface area contributed by atoms with Gasteiger partial charge < -0.3 is 10.1 Å². The van der Waals surface area contributed by atoms with Crippen molar-refractivity contribution in [2.24, 2.45) is 0 Å². The molecule has 1 atom stereocenters. The second-order valence-corrected chi connectivity index (χ2v) is 5.79. The largest absolute Gasteiger partial charge is 0.488 e. The highest BCUT2D eigenvalue weighted by Gasteiger charge is 2.15. The van der Waals surface area contributed by atoms with Gasteiger partial charge in [-0.3, -0.25) is 0 Å². The molecule has 0 amide bonds. The summed E-state index contributed by atoms with van der Waals surface area (Å²) in [6.45, 7) is 7.50. The van der Waals surface area contributed by atoms with Crippen LogP contribution in [0.5, 0.6) is 5.75 Å². The molecular formula is C15H20BrNO. The Balaban J connectivity index is 2.06. The van der Waals surface area contributed by atoms with Crippen LogP contribution in [0.1, 0.15) is 37.8 Å². The third-order valence-electron chi connectivity index (χ3n) is 3.14. The Kier molecular flexibility index (Phi) is 4.84. The standard InChI is InChI=1S/C15H20BrNO/c1-11(2)10-18-15-7-6-12(9-13(15)16)14-5-3-4-8-17-14/h6-7,9,14,17H,1,3-5,8,10H2,2H3. The van der Waals surface area contributed by atoms with Gasteiger partial charge in [-0.1, -0.05) is 19.1 Å². The Morgan fingerprint density at radius 1 is 1.50 bits per heavy atom. The Bertz CT molecular complexity index is 425. The Morgan fingerprint density at radius 2 is 2.33 bits per heavy atom. The van der Waals surface area contributed by atoms with Crippen molar-refractivity contribution in [1.82, 2.24) is 5.32 Å². The maximum Gasteiger partial charge on any atom is 0.133 e. The molecule has 0 saturated carbocycles. The summed E-state index contributed by atoms with van der Waals surface area (Å²) in [7, 11) is 0. The summed E-state index contributed by atoms with van der Waals surface area (Å²) in [5, 5.41) is 3.56. The average Bonchev–Trinajstić information content (AvgIpc) is 2.38. The molecule has 1 aliphatic heterocycles. The zero-order valence-electron chi connectivity index (χ0n) is 10.8. The van der Waals surface area contributed by atoms with E-state index in [4.69, 9.17) is 4.74 Å². The van der Waals surface area contributed by atoms with Crippen LogP contribution >= 0.6 is 15.9 Å². The number of hydrogen-bond acceptors (Lipinski definition) is 2. The summed E-state index contributed by atoms with van der Waals surface area (Å²) in [4.78, 5) is 0. The van der Waals surface area contributed by atoms with E-state index >= 15 is 0 Å². The molecule has 1 unspecified atom stereocenters. The molecule has 1 aromatic rings. The first-order valence-corrected chi connectivity index (χ1v) is 7.26. The van der Waals surface area contributed by atoms with Crippen LogP contribution in [0, 0.1) is 0 Å². The van der Waals surface area contributed by atoms with Gasteiger partial charge >= 0.3 is 0 Å². The molecule has 0 aromatic heterocycles. The number of hydrogen-bond donors (Lipinski definition) is 1. The lowest BCUT2D eigenvalue weighted by Gasteiger charge is -2.24. The molecule has 2 nitrogen and oxygen atoms in total. The molecule has 18 heavy (non-hydrogen) atoms. The van der Waals surface area contributed by atoms with Crippen molar-refractivity contribution in [3.8, 4) is 5.75 Å². The van der Waals surface area contributed by atoms with Crippen molar-refractivity contribution in [3.05, 3.63) is 40.4 Å². The quantitative estimate of drug-likeness (QED) is 0.841. The minimum Gasteiger partial charge on any atom is -0.488 e. The highest BCUT2D eigenvalue weighted by molar-refractivity contribution is 9.10. The molecule has 1 aliphatic rings. The Hall–Kier alpha value is -0.800. The first-order chi connectivity index (χ1) is 8.66. The first-order valence-electron chi connectivity index (χ1n) is 6.47. The number of nitrogens with one attached hydrogen (secondary N) is 1. The van der Waals surface area contributed by atoms with Crippen LogP contribution in [0.4, 0.5) is 0 Å². The Labute approximate surface area is 118 Å². The summed E-state index contributed by atoms with van der Waals surface area (Å²) >= 11 is 3.58. The van der Waals surface area contributed by atoms with E-state index in [1.807, 2.05) is 13.0 Å². The third kappa shape index (κ3) is 3.59. The third-order valence-corrected chi connectivity index (χ3v) is 3.76. The molecule has 0 aliphatic carbocycles. The molecule has 0 radical (unpaired) electrons. The number of piperidine rings is 1. The summed E-state index contributed by atoms with van der Waals surface area (Å²) < 4.78 is 6.70. The second-order valence-electron chi connectivity index (χ2n) is 4.94. The average molecular weight is 310 g/mol. The van der Waals surface area contributed by atoms with Gasteiger partial charge in [-0.25, -0.2) is 0 Å². The highest BCUT2D eigenvalue weighted by atomic mass is 79.9. The van der Waals surface area contributed by atoms with Crippen LogP contribution in [0.2, 0.25) is 0 Å². The fraction of sp³-hybridized carbons (Fsp3) is 0.467. The second kappa shape index (κ2) is 6.39. The van der Waals surface area contributed by atoms with Gasteiger partial charge in [-0.2, -0.15) is 0 Å². The summed E-state index contributed by atoms with van der Waals surface area (Å²) in [5.74, 6) is 0.887. The molecule has 1 fully saturated rings. The van der Waals surface area contributed by atoms with E-state index in [-0.39, 0.29) is 0 Å². The van der Waals surface area contributed by atoms with Crippen LogP contribution in [-0.2, 0) is 0 Å². The van der Waals surface area contributed by atoms with E-state index in [2.05, 4.69) is 40.0 Å². The molecule has 3 heteroatoms. The number of benzene rings is 1. The van der Waals surface area contributed by atoms with Crippen LogP contribution in [0.3, 0.4) is 0 Å². The van der Waals surface area contributed by atoms with E-state index in [1.165, 1.54) is 24.8 Å². The highest BCUT2D eigenvalue weighted by Crippen LogP contribution is 2.31. The van der Waals surface area contributed by atoms with Crippen LogP contribution < -0.4 is 10.1 Å². The van der Waals surface area contributed by atoms with Gasteiger partial charge in [0.1, 0.15) is 12.4 Å². The van der Waals surface area contributed by atoms with Gasteiger partial charge in [-0.05, 0) is 65.5 Å². The van der Waals surface area contributed by atoms with Crippen molar-refractivity contribution in [2.75, 3.05) is 13.2 Å². The van der Waals surface area contributed by atoms with Crippen LogP contribution in [0.25, 0.3) is 0 Å². The molecule has 1 aromatic carbocycles. The number of halogens is 1. The molecule has 1 N–H and O–H groups in total. The lowest BCUT2D eigenvalue weighted by Crippen LogP contribution is -2.26. The molecule has 0 bridgehead atoms. The zero-order valence-corrected chi connectivity index (χ0v) is 12.4. The molecule has 98 valence electrons. The van der Waals surface area contributed by atoms with E-state index in [9.17, 15) is 0 Å². The van der Waals surface area contributed by atoms with E-state index in [1.54, 1.807) is 0 Å². The van der Waals surface area contributed by atoms with Gasteiger partial charge in [0.05, 0.1) is 4.47 Å². The van der Waals surface area contributed by atoms with Crippen molar-refractivity contribution in [1.29, 1.82) is 0 Å². The summed E-state index contributed by atoms with van der Waals surface area (Å²) in [6.07, 6.45) is 3.82. The molecule has 1 saturated heterocycles. The maximum absolute atomic E-state index is 5.67. The van der Waals surface area contributed by atoms with Gasteiger partial charge in [0, 0.05) is 6.04 Å². The van der Waals surface area contributed by atoms with E-state index < -0.39 is 0 Å². The van der Waals surface area contributed by atoms with Gasteiger partial charge in [0.25, 0.3) is 0 Å². The lowest BCUT2D eigenvalue weighted by atomic mass is 9.97. The van der Waals surface area contributed by atoms with E-state index in [0.29, 0.717) is 12.6 Å². The molecule has 0 spiro atoms. The smallest absolute Gasteiger partial charge is 0.133 e. The normalized spacial score (nSPS) is 19.6. The van der Waals surface area contributed by atoms with Gasteiger partial charge in [0.2, 0.25) is 0 Å². The van der Waals surface area contributed by atoms with Crippen LogP contribution in [-0.4, -0.2) is 13.2 Å². The zero-order chi connectivity index (χ0) is 13.0. The van der Waals surface area contributed by atoms with Crippen LogP contribution in [0.15, 0.2) is 34.8 Å². The maximum atomic E-state index is 5.67. The number of rotatable bonds is 4. The topological polar surface area (TPSA) is 21.3 Å². The predicted octanol–water partition coefficient (Wildman–Crippen LogP) is 4.22. The summed E-state index contributed by atoms with van der Waals surface area (Å²) in [6, 6.07) is 6.85. The minimum atomic E-state index is 0.491. The lowest BCUT2D eigenvalue weighted by molar-refractivity contribution is 0.349. The molecular weight excluding hydrogens is 290 g/mol. The minimum absolute atomic E-state index is 0.491. The SMILES string of the molecule is C=C(C)COc1ccc(C2CCCCN2)cc1Br. The monoisotopic (exact) mass is 309 g/mol. The van der Waals surface area contributed by atoms with Crippen molar-refractivity contribution in [3.63, 3.8) is 0 Å². The Morgan fingerprint density at radius 3 is 2.94 bits per heavy atom. The first kappa shape index (κ1) is 13.6. The molecule has 1 heterocycles. The molecule has 2 rings (SSSR count). The van der Waals surface area contributed by atoms with Gasteiger partial charge in [-0.15, -0.1) is 0 Å². The fourth-order valence-electron chi connectivity index (χ4n) is 2.19. The van der Waals surface area contributed by atoms with Crippen molar-refractivity contribution >= 4 is 15.9 Å².